The highest BCUT2D eigenvalue weighted by Crippen LogP contribution is 2.26. The molecule has 4 nitrogen and oxygen atoms in total. The number of hydrogen-bond acceptors (Lipinski definition) is 3. The van der Waals surface area contributed by atoms with Crippen molar-refractivity contribution in [2.45, 2.75) is 6.42 Å². The fourth-order valence-corrected chi connectivity index (χ4v) is 4.48. The minimum atomic E-state index is 0.0719. The number of amides is 1. The van der Waals surface area contributed by atoms with Gasteiger partial charge in [-0.2, -0.15) is 0 Å². The van der Waals surface area contributed by atoms with Crippen LogP contribution >= 0.6 is 0 Å². The summed E-state index contributed by atoms with van der Waals surface area (Å²) in [6.45, 7) is 2.53. The van der Waals surface area contributed by atoms with Crippen LogP contribution in [-0.2, 0) is 11.2 Å². The molecular formula is C28H26N2O2. The molecule has 0 aliphatic carbocycles. The average Bonchev–Trinajstić information content (AvgIpc) is 3.09. The lowest BCUT2D eigenvalue weighted by Crippen LogP contribution is -2.36. The molecule has 4 aromatic rings. The zero-order valence-electron chi connectivity index (χ0n) is 18.0. The number of ether oxygens (including phenoxy) is 1. The van der Waals surface area contributed by atoms with Gasteiger partial charge in [-0.1, -0.05) is 60.7 Å². The maximum absolute atomic E-state index is 13.6. The predicted molar refractivity (Wildman–Crippen MR) is 128 cm³/mol. The minimum Gasteiger partial charge on any atom is -0.379 e. The summed E-state index contributed by atoms with van der Waals surface area (Å²) in [6.07, 6.45) is 2.69. The fourth-order valence-electron chi connectivity index (χ4n) is 4.48. The van der Waals surface area contributed by atoms with E-state index in [2.05, 4.69) is 41.4 Å². The number of nitrogens with zero attached hydrogens (tertiary/aromatic N) is 2. The third-order valence-corrected chi connectivity index (χ3v) is 6.06. The third-order valence-electron chi connectivity index (χ3n) is 6.06. The predicted octanol–water partition coefficient (Wildman–Crippen LogP) is 5.23. The van der Waals surface area contributed by atoms with E-state index in [1.807, 2.05) is 59.6 Å². The Morgan fingerprint density at radius 1 is 0.969 bits per heavy atom. The van der Waals surface area contributed by atoms with Gasteiger partial charge in [-0.15, -0.1) is 0 Å². The second-order valence-electron chi connectivity index (χ2n) is 8.34. The van der Waals surface area contributed by atoms with Gasteiger partial charge in [0.15, 0.2) is 0 Å². The van der Waals surface area contributed by atoms with Gasteiger partial charge in [-0.05, 0) is 47.4 Å². The van der Waals surface area contributed by atoms with Crippen molar-refractivity contribution in [1.82, 2.24) is 9.88 Å². The standard InChI is InChI=1S/C28H26N2O2/c31-28(26-11-5-4-10-25(26)23-7-2-1-3-8-23)30-15-16-32-20-22(19-30)17-21-12-13-27-24(18-21)9-6-14-29-27/h1-14,18,22H,15-17,19-20H2. The quantitative estimate of drug-likeness (QED) is 0.452. The van der Waals surface area contributed by atoms with Gasteiger partial charge in [-0.3, -0.25) is 9.78 Å². The Kier molecular flexibility index (Phi) is 5.95. The molecule has 1 unspecified atom stereocenters. The van der Waals surface area contributed by atoms with Gasteiger partial charge in [-0.25, -0.2) is 0 Å². The zero-order chi connectivity index (χ0) is 21.8. The van der Waals surface area contributed by atoms with Gasteiger partial charge in [0, 0.05) is 36.2 Å². The van der Waals surface area contributed by atoms with Gasteiger partial charge >= 0.3 is 0 Å². The van der Waals surface area contributed by atoms with Crippen LogP contribution in [0, 0.1) is 5.92 Å². The van der Waals surface area contributed by atoms with E-state index in [4.69, 9.17) is 4.74 Å². The number of aromatic nitrogens is 1. The third kappa shape index (κ3) is 4.41. The summed E-state index contributed by atoms with van der Waals surface area (Å²) in [5, 5.41) is 1.14. The molecule has 1 aliphatic heterocycles. The van der Waals surface area contributed by atoms with Crippen molar-refractivity contribution < 1.29 is 9.53 Å². The van der Waals surface area contributed by atoms with E-state index in [1.54, 1.807) is 0 Å². The monoisotopic (exact) mass is 422 g/mol. The van der Waals surface area contributed by atoms with Crippen LogP contribution in [0.25, 0.3) is 22.0 Å². The maximum atomic E-state index is 13.6. The van der Waals surface area contributed by atoms with E-state index in [1.165, 1.54) is 5.56 Å². The van der Waals surface area contributed by atoms with Crippen LogP contribution in [0.15, 0.2) is 91.1 Å². The van der Waals surface area contributed by atoms with E-state index in [-0.39, 0.29) is 11.8 Å². The molecule has 3 aromatic carbocycles. The van der Waals surface area contributed by atoms with Crippen molar-refractivity contribution in [3.05, 3.63) is 102 Å². The van der Waals surface area contributed by atoms with Gasteiger partial charge in [0.05, 0.1) is 18.7 Å². The minimum absolute atomic E-state index is 0.0719. The van der Waals surface area contributed by atoms with Crippen LogP contribution in [0.2, 0.25) is 0 Å². The molecule has 1 atom stereocenters. The number of benzene rings is 3. The molecule has 0 N–H and O–H groups in total. The molecule has 4 heteroatoms. The molecule has 32 heavy (non-hydrogen) atoms. The first kappa shape index (κ1) is 20.4. The smallest absolute Gasteiger partial charge is 0.254 e. The topological polar surface area (TPSA) is 42.4 Å². The van der Waals surface area contributed by atoms with Gasteiger partial charge in [0.2, 0.25) is 0 Å². The zero-order valence-corrected chi connectivity index (χ0v) is 18.0. The van der Waals surface area contributed by atoms with Crippen LogP contribution in [0.4, 0.5) is 0 Å². The number of carbonyl (C=O) groups excluding carboxylic acids is 1. The van der Waals surface area contributed by atoms with Gasteiger partial charge in [0.1, 0.15) is 0 Å². The molecule has 1 amide bonds. The van der Waals surface area contributed by atoms with Crippen molar-refractivity contribution in [2.24, 2.45) is 5.92 Å². The summed E-state index contributed by atoms with van der Waals surface area (Å²) in [6, 6.07) is 28.4. The highest BCUT2D eigenvalue weighted by molar-refractivity contribution is 6.01. The van der Waals surface area contributed by atoms with E-state index in [9.17, 15) is 4.79 Å². The maximum Gasteiger partial charge on any atom is 0.254 e. The van der Waals surface area contributed by atoms with Crippen LogP contribution in [0.3, 0.4) is 0 Å². The highest BCUT2D eigenvalue weighted by Gasteiger charge is 2.25. The van der Waals surface area contributed by atoms with Crippen molar-refractivity contribution in [2.75, 3.05) is 26.3 Å². The molecule has 160 valence electrons. The molecule has 0 bridgehead atoms. The first-order valence-corrected chi connectivity index (χ1v) is 11.1. The van der Waals surface area contributed by atoms with E-state index in [0.717, 1.165) is 34.0 Å². The molecule has 1 aromatic heterocycles. The second kappa shape index (κ2) is 9.33. The molecular weight excluding hydrogens is 396 g/mol. The Balaban J connectivity index is 1.37. The Hall–Kier alpha value is -3.50. The summed E-state index contributed by atoms with van der Waals surface area (Å²) in [5.41, 5.74) is 5.03. The lowest BCUT2D eigenvalue weighted by atomic mass is 9.96. The highest BCUT2D eigenvalue weighted by atomic mass is 16.5. The summed E-state index contributed by atoms with van der Waals surface area (Å²) in [5.74, 6) is 0.321. The molecule has 2 heterocycles. The van der Waals surface area contributed by atoms with Crippen molar-refractivity contribution in [1.29, 1.82) is 0 Å². The van der Waals surface area contributed by atoms with Crippen LogP contribution in [-0.4, -0.2) is 42.1 Å². The van der Waals surface area contributed by atoms with Crippen molar-refractivity contribution >= 4 is 16.8 Å². The van der Waals surface area contributed by atoms with Crippen LogP contribution in [0.1, 0.15) is 15.9 Å². The Morgan fingerprint density at radius 3 is 2.72 bits per heavy atom. The summed E-state index contributed by atoms with van der Waals surface area (Å²) in [4.78, 5) is 20.0. The fraction of sp³-hybridized carbons (Fsp3) is 0.214. The number of hydrogen-bond donors (Lipinski definition) is 0. The molecule has 1 fully saturated rings. The van der Waals surface area contributed by atoms with Crippen LogP contribution < -0.4 is 0 Å². The SMILES string of the molecule is O=C(c1ccccc1-c1ccccc1)N1CCOCC(Cc2ccc3ncccc3c2)C1. The van der Waals surface area contributed by atoms with Gasteiger partial charge < -0.3 is 9.64 Å². The molecule has 0 saturated carbocycles. The molecule has 0 spiro atoms. The molecule has 1 saturated heterocycles. The largest absolute Gasteiger partial charge is 0.379 e. The summed E-state index contributed by atoms with van der Waals surface area (Å²) >= 11 is 0. The van der Waals surface area contributed by atoms with Gasteiger partial charge in [0.25, 0.3) is 5.91 Å². The normalized spacial score (nSPS) is 16.6. The van der Waals surface area contributed by atoms with E-state index in [0.29, 0.717) is 26.3 Å². The first-order chi connectivity index (χ1) is 15.8. The average molecular weight is 423 g/mol. The Labute approximate surface area is 188 Å². The Bertz CT molecular complexity index is 1220. The second-order valence-corrected chi connectivity index (χ2v) is 8.34. The molecule has 5 rings (SSSR count). The van der Waals surface area contributed by atoms with E-state index < -0.39 is 0 Å². The summed E-state index contributed by atoms with van der Waals surface area (Å²) in [7, 11) is 0. The molecule has 0 radical (unpaired) electrons. The first-order valence-electron chi connectivity index (χ1n) is 11.1. The lowest BCUT2D eigenvalue weighted by molar-refractivity contribution is 0.0738. The lowest BCUT2D eigenvalue weighted by Gasteiger charge is -2.25. The van der Waals surface area contributed by atoms with Crippen LogP contribution in [0.5, 0.6) is 0 Å². The van der Waals surface area contributed by atoms with Crippen molar-refractivity contribution in [3.8, 4) is 11.1 Å². The number of pyridine rings is 1. The van der Waals surface area contributed by atoms with Crippen molar-refractivity contribution in [3.63, 3.8) is 0 Å². The number of fused-ring (bicyclic) bond motifs is 1. The molecule has 1 aliphatic rings. The number of rotatable bonds is 4. The Morgan fingerprint density at radius 2 is 1.81 bits per heavy atom. The number of carbonyl (C=O) groups is 1. The van der Waals surface area contributed by atoms with E-state index >= 15 is 0 Å². The summed E-state index contributed by atoms with van der Waals surface area (Å²) < 4.78 is 5.89.